The van der Waals surface area contributed by atoms with Gasteiger partial charge in [0.05, 0.1) is 29.6 Å². The van der Waals surface area contributed by atoms with E-state index in [1.807, 2.05) is 31.2 Å². The highest BCUT2D eigenvalue weighted by Crippen LogP contribution is 2.28. The zero-order chi connectivity index (χ0) is 21.0. The minimum atomic E-state index is -4.46. The van der Waals surface area contributed by atoms with Crippen LogP contribution in [0.5, 0.6) is 5.75 Å². The van der Waals surface area contributed by atoms with Crippen LogP contribution < -0.4 is 10.1 Å². The minimum absolute atomic E-state index is 0.192. The maximum absolute atomic E-state index is 12.7. The summed E-state index contributed by atoms with van der Waals surface area (Å²) in [7, 11) is 0. The molecule has 0 aliphatic rings. The molecule has 2 heterocycles. The number of carbonyl (C=O) groups is 1. The summed E-state index contributed by atoms with van der Waals surface area (Å²) in [4.78, 5) is 16.2. The number of aryl methyl sites for hydroxylation is 1. The van der Waals surface area contributed by atoms with E-state index in [4.69, 9.17) is 4.74 Å². The highest BCUT2D eigenvalue weighted by molar-refractivity contribution is 5.95. The predicted octanol–water partition coefficient (Wildman–Crippen LogP) is 3.71. The van der Waals surface area contributed by atoms with Crippen molar-refractivity contribution in [1.82, 2.24) is 20.1 Å². The number of benzene rings is 1. The fraction of sp³-hybridized carbons (Fsp3) is 0.250. The normalized spacial score (nSPS) is 11.3. The van der Waals surface area contributed by atoms with E-state index in [-0.39, 0.29) is 18.3 Å². The molecule has 0 bridgehead atoms. The van der Waals surface area contributed by atoms with Gasteiger partial charge in [0.2, 0.25) is 0 Å². The largest absolute Gasteiger partial charge is 0.492 e. The summed E-state index contributed by atoms with van der Waals surface area (Å²) in [6.45, 7) is 4.20. The number of carbonyl (C=O) groups excluding carboxylic acids is 1. The first-order valence-electron chi connectivity index (χ1n) is 8.81. The van der Waals surface area contributed by atoms with Gasteiger partial charge in [0.25, 0.3) is 5.91 Å². The number of alkyl halides is 3. The van der Waals surface area contributed by atoms with Crippen LogP contribution >= 0.6 is 0 Å². The number of hydrogen-bond donors (Lipinski definition) is 1. The lowest BCUT2D eigenvalue weighted by molar-refractivity contribution is -0.137. The van der Waals surface area contributed by atoms with Crippen LogP contribution in [0.15, 0.2) is 48.8 Å². The third-order valence-corrected chi connectivity index (χ3v) is 4.22. The molecule has 1 N–H and O–H groups in total. The Bertz CT molecular complexity index is 980. The first kappa shape index (κ1) is 20.4. The van der Waals surface area contributed by atoms with E-state index >= 15 is 0 Å². The number of halogens is 3. The monoisotopic (exact) mass is 404 g/mol. The van der Waals surface area contributed by atoms with E-state index in [1.165, 1.54) is 16.9 Å². The van der Waals surface area contributed by atoms with Gasteiger partial charge in [-0.15, -0.1) is 0 Å². The van der Waals surface area contributed by atoms with Crippen LogP contribution in [0.1, 0.15) is 27.2 Å². The van der Waals surface area contributed by atoms with Crippen LogP contribution in [0.3, 0.4) is 0 Å². The van der Waals surface area contributed by atoms with Gasteiger partial charge < -0.3 is 10.1 Å². The Morgan fingerprint density at radius 3 is 2.45 bits per heavy atom. The SMILES string of the molecule is Cc1ccc(OCCNC(=O)c2cnn(-c3ccc(C(F)(F)F)cn3)c2C)cc1. The number of ether oxygens (including phenoxy) is 1. The molecule has 1 amide bonds. The van der Waals surface area contributed by atoms with Crippen LogP contribution in [-0.2, 0) is 6.18 Å². The van der Waals surface area contributed by atoms with E-state index in [9.17, 15) is 18.0 Å². The molecule has 1 aromatic carbocycles. The van der Waals surface area contributed by atoms with Crippen LogP contribution in [0, 0.1) is 13.8 Å². The summed E-state index contributed by atoms with van der Waals surface area (Å²) in [6, 6.07) is 9.69. The van der Waals surface area contributed by atoms with Gasteiger partial charge in [-0.3, -0.25) is 4.79 Å². The van der Waals surface area contributed by atoms with Crippen molar-refractivity contribution >= 4 is 5.91 Å². The predicted molar refractivity (Wildman–Crippen MR) is 100 cm³/mol. The molecule has 29 heavy (non-hydrogen) atoms. The van der Waals surface area contributed by atoms with E-state index in [0.29, 0.717) is 23.6 Å². The molecule has 0 fully saturated rings. The van der Waals surface area contributed by atoms with Crippen molar-refractivity contribution < 1.29 is 22.7 Å². The maximum atomic E-state index is 12.7. The number of nitrogens with one attached hydrogen (secondary N) is 1. The number of aromatic nitrogens is 3. The summed E-state index contributed by atoms with van der Waals surface area (Å²) >= 11 is 0. The lowest BCUT2D eigenvalue weighted by Gasteiger charge is -2.09. The van der Waals surface area contributed by atoms with Crippen molar-refractivity contribution in [2.75, 3.05) is 13.2 Å². The van der Waals surface area contributed by atoms with Crippen LogP contribution in [-0.4, -0.2) is 33.8 Å². The number of amides is 1. The summed E-state index contributed by atoms with van der Waals surface area (Å²) in [5.74, 6) is 0.549. The fourth-order valence-corrected chi connectivity index (χ4v) is 2.61. The molecule has 0 saturated carbocycles. The van der Waals surface area contributed by atoms with Gasteiger partial charge in [-0.25, -0.2) is 9.67 Å². The summed E-state index contributed by atoms with van der Waals surface area (Å²) < 4.78 is 44.8. The van der Waals surface area contributed by atoms with Crippen molar-refractivity contribution in [3.63, 3.8) is 0 Å². The van der Waals surface area contributed by atoms with Crippen molar-refractivity contribution in [2.45, 2.75) is 20.0 Å². The Morgan fingerprint density at radius 2 is 1.83 bits per heavy atom. The number of rotatable bonds is 6. The molecule has 2 aromatic heterocycles. The molecular formula is C20H19F3N4O2. The van der Waals surface area contributed by atoms with Crippen molar-refractivity contribution in [3.8, 4) is 11.6 Å². The minimum Gasteiger partial charge on any atom is -0.492 e. The molecule has 0 unspecified atom stereocenters. The van der Waals surface area contributed by atoms with E-state index in [2.05, 4.69) is 15.4 Å². The molecule has 9 heteroatoms. The lowest BCUT2D eigenvalue weighted by Crippen LogP contribution is -2.28. The van der Waals surface area contributed by atoms with Gasteiger partial charge in [0, 0.05) is 6.20 Å². The average molecular weight is 404 g/mol. The number of nitrogens with zero attached hydrogens (tertiary/aromatic N) is 3. The molecule has 152 valence electrons. The highest BCUT2D eigenvalue weighted by atomic mass is 19.4. The van der Waals surface area contributed by atoms with Gasteiger partial charge in [-0.2, -0.15) is 18.3 Å². The Morgan fingerprint density at radius 1 is 1.10 bits per heavy atom. The average Bonchev–Trinajstić information content (AvgIpc) is 3.07. The van der Waals surface area contributed by atoms with Crippen molar-refractivity contribution in [3.05, 3.63) is 71.2 Å². The first-order valence-corrected chi connectivity index (χ1v) is 8.81. The van der Waals surface area contributed by atoms with Gasteiger partial charge in [0.1, 0.15) is 12.4 Å². The lowest BCUT2D eigenvalue weighted by atomic mass is 10.2. The molecule has 0 aliphatic carbocycles. The Hall–Kier alpha value is -3.36. The van der Waals surface area contributed by atoms with E-state index in [0.717, 1.165) is 17.8 Å². The topological polar surface area (TPSA) is 69.0 Å². The fourth-order valence-electron chi connectivity index (χ4n) is 2.61. The molecule has 3 aromatic rings. The van der Waals surface area contributed by atoms with Crippen LogP contribution in [0.4, 0.5) is 13.2 Å². The summed E-state index contributed by atoms with van der Waals surface area (Å²) in [5, 5.41) is 6.79. The second-order valence-corrected chi connectivity index (χ2v) is 6.38. The van der Waals surface area contributed by atoms with Crippen molar-refractivity contribution in [1.29, 1.82) is 0 Å². The molecule has 0 spiro atoms. The van der Waals surface area contributed by atoms with Gasteiger partial charge >= 0.3 is 6.18 Å². The van der Waals surface area contributed by atoms with Gasteiger partial charge in [-0.1, -0.05) is 17.7 Å². The van der Waals surface area contributed by atoms with Crippen LogP contribution in [0.25, 0.3) is 5.82 Å². The Labute approximate surface area is 165 Å². The zero-order valence-corrected chi connectivity index (χ0v) is 15.8. The third kappa shape index (κ3) is 4.92. The Kier molecular flexibility index (Phi) is 5.86. The second kappa shape index (κ2) is 8.34. The van der Waals surface area contributed by atoms with Crippen molar-refractivity contribution in [2.24, 2.45) is 0 Å². The highest BCUT2D eigenvalue weighted by Gasteiger charge is 2.30. The zero-order valence-electron chi connectivity index (χ0n) is 15.8. The van der Waals surface area contributed by atoms with E-state index < -0.39 is 11.7 Å². The number of pyridine rings is 1. The summed E-state index contributed by atoms with van der Waals surface area (Å²) in [6.07, 6.45) is -2.38. The van der Waals surface area contributed by atoms with Gasteiger partial charge in [-0.05, 0) is 38.1 Å². The smallest absolute Gasteiger partial charge is 0.417 e. The molecule has 3 rings (SSSR count). The van der Waals surface area contributed by atoms with Crippen LogP contribution in [0.2, 0.25) is 0 Å². The maximum Gasteiger partial charge on any atom is 0.417 e. The van der Waals surface area contributed by atoms with Gasteiger partial charge in [0.15, 0.2) is 5.82 Å². The molecule has 0 aliphatic heterocycles. The first-order chi connectivity index (χ1) is 13.8. The summed E-state index contributed by atoms with van der Waals surface area (Å²) in [5.41, 5.74) is 1.05. The third-order valence-electron chi connectivity index (χ3n) is 4.22. The molecule has 0 radical (unpaired) electrons. The number of hydrogen-bond acceptors (Lipinski definition) is 4. The quantitative estimate of drug-likeness (QED) is 0.636. The molecular weight excluding hydrogens is 385 g/mol. The molecule has 0 saturated heterocycles. The Balaban J connectivity index is 1.59. The van der Waals surface area contributed by atoms with E-state index in [1.54, 1.807) is 6.92 Å². The second-order valence-electron chi connectivity index (χ2n) is 6.38. The standard InChI is InChI=1S/C20H19F3N4O2/c1-13-3-6-16(7-4-13)29-10-9-24-19(28)17-12-26-27(14(17)2)18-8-5-15(11-25-18)20(21,22)23/h3-8,11-12H,9-10H2,1-2H3,(H,24,28). The molecule has 6 nitrogen and oxygen atoms in total. The molecule has 0 atom stereocenters.